The van der Waals surface area contributed by atoms with Crippen molar-refractivity contribution in [2.24, 2.45) is 5.73 Å². The highest BCUT2D eigenvalue weighted by atomic mass is 16.5. The second kappa shape index (κ2) is 5.59. The molecule has 0 spiro atoms. The van der Waals surface area contributed by atoms with Crippen molar-refractivity contribution in [3.05, 3.63) is 41.9 Å². The highest BCUT2D eigenvalue weighted by Gasteiger charge is 2.20. The zero-order valence-electron chi connectivity index (χ0n) is 12.5. The van der Waals surface area contributed by atoms with Crippen molar-refractivity contribution < 1.29 is 4.74 Å². The molecule has 1 aromatic carbocycles. The predicted molar refractivity (Wildman–Crippen MR) is 80.6 cm³/mol. The number of rotatable bonds is 3. The maximum atomic E-state index is 5.74. The second-order valence-corrected chi connectivity index (χ2v) is 5.72. The molecule has 0 saturated heterocycles. The molecule has 1 aromatic heterocycles. The van der Waals surface area contributed by atoms with Crippen molar-refractivity contribution in [1.29, 1.82) is 0 Å². The number of nitrogens with zero attached hydrogens (tertiary/aromatic N) is 2. The van der Waals surface area contributed by atoms with E-state index in [1.165, 1.54) is 0 Å². The van der Waals surface area contributed by atoms with Crippen molar-refractivity contribution in [3.63, 3.8) is 0 Å². The van der Waals surface area contributed by atoms with Gasteiger partial charge in [-0.2, -0.15) is 0 Å². The maximum Gasteiger partial charge on any atom is 0.122 e. The van der Waals surface area contributed by atoms with Gasteiger partial charge in [-0.05, 0) is 23.6 Å². The fraction of sp³-hybridized carbons (Fsp3) is 0.375. The van der Waals surface area contributed by atoms with Crippen molar-refractivity contribution in [2.45, 2.75) is 32.7 Å². The lowest BCUT2D eigenvalue weighted by Crippen LogP contribution is -2.13. The molecule has 0 radical (unpaired) electrons. The Morgan fingerprint density at radius 1 is 1.15 bits per heavy atom. The second-order valence-electron chi connectivity index (χ2n) is 5.72. The van der Waals surface area contributed by atoms with Gasteiger partial charge in [0.15, 0.2) is 0 Å². The largest absolute Gasteiger partial charge is 0.496 e. The lowest BCUT2D eigenvalue weighted by atomic mass is 9.85. The SMILES string of the molecule is COc1ccc(-c2nccnc2CN)cc1C(C)(C)C. The summed E-state index contributed by atoms with van der Waals surface area (Å²) in [6.07, 6.45) is 3.36. The van der Waals surface area contributed by atoms with Crippen LogP contribution in [0.3, 0.4) is 0 Å². The molecule has 0 unspecified atom stereocenters. The summed E-state index contributed by atoms with van der Waals surface area (Å²) in [6, 6.07) is 6.09. The number of benzene rings is 1. The van der Waals surface area contributed by atoms with Crippen LogP contribution in [0.5, 0.6) is 5.75 Å². The van der Waals surface area contributed by atoms with Crippen LogP contribution >= 0.6 is 0 Å². The van der Waals surface area contributed by atoms with E-state index in [1.54, 1.807) is 19.5 Å². The number of ether oxygens (including phenoxy) is 1. The van der Waals surface area contributed by atoms with Gasteiger partial charge in [0.1, 0.15) is 5.75 Å². The molecule has 2 aromatic rings. The fourth-order valence-corrected chi connectivity index (χ4v) is 2.20. The first kappa shape index (κ1) is 14.5. The van der Waals surface area contributed by atoms with Crippen molar-refractivity contribution in [1.82, 2.24) is 9.97 Å². The molecule has 4 nitrogen and oxygen atoms in total. The lowest BCUT2D eigenvalue weighted by molar-refractivity contribution is 0.397. The summed E-state index contributed by atoms with van der Waals surface area (Å²) < 4.78 is 5.46. The van der Waals surface area contributed by atoms with Crippen LogP contribution in [0.1, 0.15) is 32.0 Å². The van der Waals surface area contributed by atoms with E-state index in [1.807, 2.05) is 12.1 Å². The number of nitrogens with two attached hydrogens (primary N) is 1. The van der Waals surface area contributed by atoms with Crippen molar-refractivity contribution in [3.8, 4) is 17.0 Å². The molecule has 0 amide bonds. The Kier molecular flexibility index (Phi) is 4.04. The van der Waals surface area contributed by atoms with Crippen LogP contribution in [0.15, 0.2) is 30.6 Å². The summed E-state index contributed by atoms with van der Waals surface area (Å²) in [7, 11) is 1.69. The van der Waals surface area contributed by atoms with Gasteiger partial charge < -0.3 is 10.5 Å². The van der Waals surface area contributed by atoms with Crippen LogP contribution < -0.4 is 10.5 Å². The van der Waals surface area contributed by atoms with Gasteiger partial charge >= 0.3 is 0 Å². The van der Waals surface area contributed by atoms with Gasteiger partial charge in [0.2, 0.25) is 0 Å². The fourth-order valence-electron chi connectivity index (χ4n) is 2.20. The van der Waals surface area contributed by atoms with Gasteiger partial charge in [0, 0.05) is 30.1 Å². The molecule has 0 bridgehead atoms. The minimum atomic E-state index is -0.00750. The molecule has 106 valence electrons. The van der Waals surface area contributed by atoms with Crippen LogP contribution in [0.25, 0.3) is 11.3 Å². The average Bonchev–Trinajstić information content (AvgIpc) is 2.45. The van der Waals surface area contributed by atoms with E-state index in [0.29, 0.717) is 6.54 Å². The molecular weight excluding hydrogens is 250 g/mol. The van der Waals surface area contributed by atoms with Crippen LogP contribution in [0.4, 0.5) is 0 Å². The van der Waals surface area contributed by atoms with E-state index in [-0.39, 0.29) is 5.41 Å². The Morgan fingerprint density at radius 2 is 1.85 bits per heavy atom. The number of hydrogen-bond donors (Lipinski definition) is 1. The van der Waals surface area contributed by atoms with E-state index in [9.17, 15) is 0 Å². The lowest BCUT2D eigenvalue weighted by Gasteiger charge is -2.23. The van der Waals surface area contributed by atoms with Gasteiger partial charge in [-0.1, -0.05) is 20.8 Å². The summed E-state index contributed by atoms with van der Waals surface area (Å²) >= 11 is 0. The Morgan fingerprint density at radius 3 is 2.45 bits per heavy atom. The number of hydrogen-bond acceptors (Lipinski definition) is 4. The van der Waals surface area contributed by atoms with E-state index in [2.05, 4.69) is 36.8 Å². The third-order valence-electron chi connectivity index (χ3n) is 3.25. The monoisotopic (exact) mass is 271 g/mol. The molecule has 2 N–H and O–H groups in total. The van der Waals surface area contributed by atoms with Crippen LogP contribution in [0.2, 0.25) is 0 Å². The number of aromatic nitrogens is 2. The first-order valence-corrected chi connectivity index (χ1v) is 6.66. The molecule has 0 saturated carbocycles. The van der Waals surface area contributed by atoms with Gasteiger partial charge in [-0.25, -0.2) is 0 Å². The van der Waals surface area contributed by atoms with Gasteiger partial charge in [-0.3, -0.25) is 9.97 Å². The highest BCUT2D eigenvalue weighted by Crippen LogP contribution is 2.34. The van der Waals surface area contributed by atoms with Crippen LogP contribution in [0, 0.1) is 0 Å². The number of methoxy groups -OCH3 is 1. The van der Waals surface area contributed by atoms with Crippen LogP contribution in [-0.2, 0) is 12.0 Å². The van der Waals surface area contributed by atoms with E-state index in [0.717, 1.165) is 28.3 Å². The van der Waals surface area contributed by atoms with E-state index < -0.39 is 0 Å². The van der Waals surface area contributed by atoms with Gasteiger partial charge in [0.25, 0.3) is 0 Å². The summed E-state index contributed by atoms with van der Waals surface area (Å²) in [6.45, 7) is 6.86. The van der Waals surface area contributed by atoms with Crippen molar-refractivity contribution >= 4 is 0 Å². The Balaban J connectivity index is 2.59. The summed E-state index contributed by atoms with van der Waals surface area (Å²) in [5.41, 5.74) is 9.54. The zero-order valence-corrected chi connectivity index (χ0v) is 12.5. The molecule has 0 aliphatic heterocycles. The molecular formula is C16H21N3O. The third-order valence-corrected chi connectivity index (χ3v) is 3.25. The van der Waals surface area contributed by atoms with Crippen molar-refractivity contribution in [2.75, 3.05) is 7.11 Å². The zero-order chi connectivity index (χ0) is 14.8. The first-order valence-electron chi connectivity index (χ1n) is 6.66. The minimum Gasteiger partial charge on any atom is -0.496 e. The van der Waals surface area contributed by atoms with Crippen LogP contribution in [-0.4, -0.2) is 17.1 Å². The normalized spacial score (nSPS) is 11.4. The third kappa shape index (κ3) is 2.80. The molecule has 0 aliphatic carbocycles. The van der Waals surface area contributed by atoms with Gasteiger partial charge in [0.05, 0.1) is 18.5 Å². The Hall–Kier alpha value is -1.94. The molecule has 1 heterocycles. The van der Waals surface area contributed by atoms with E-state index in [4.69, 9.17) is 10.5 Å². The Labute approximate surface area is 120 Å². The quantitative estimate of drug-likeness (QED) is 0.932. The topological polar surface area (TPSA) is 61.0 Å². The molecule has 0 fully saturated rings. The first-order chi connectivity index (χ1) is 9.47. The molecule has 4 heteroatoms. The minimum absolute atomic E-state index is 0.00750. The molecule has 0 atom stereocenters. The average molecular weight is 271 g/mol. The predicted octanol–water partition coefficient (Wildman–Crippen LogP) is 2.91. The smallest absolute Gasteiger partial charge is 0.122 e. The summed E-state index contributed by atoms with van der Waals surface area (Å²) in [4.78, 5) is 8.70. The summed E-state index contributed by atoms with van der Waals surface area (Å²) in [5, 5.41) is 0. The van der Waals surface area contributed by atoms with E-state index >= 15 is 0 Å². The summed E-state index contributed by atoms with van der Waals surface area (Å²) in [5.74, 6) is 0.888. The molecule has 0 aliphatic rings. The molecule has 20 heavy (non-hydrogen) atoms. The van der Waals surface area contributed by atoms with Gasteiger partial charge in [-0.15, -0.1) is 0 Å². The Bertz CT molecular complexity index is 603. The molecule has 2 rings (SSSR count). The maximum absolute atomic E-state index is 5.74. The highest BCUT2D eigenvalue weighted by molar-refractivity contribution is 5.64. The standard InChI is InChI=1S/C16H21N3O/c1-16(2,3)12-9-11(5-6-14(12)20-4)15-13(10-17)18-7-8-19-15/h5-9H,10,17H2,1-4H3.